The Bertz CT molecular complexity index is 350. The molecule has 4 heteroatoms. The first-order valence-corrected chi connectivity index (χ1v) is 6.35. The van der Waals surface area contributed by atoms with Crippen molar-refractivity contribution in [2.75, 3.05) is 19.8 Å². The number of esters is 1. The maximum absolute atomic E-state index is 11.7. The minimum Gasteiger partial charge on any atom is -0.448 e. The van der Waals surface area contributed by atoms with Gasteiger partial charge in [0.25, 0.3) is 0 Å². The van der Waals surface area contributed by atoms with Crippen molar-refractivity contribution in [1.82, 2.24) is 4.90 Å². The van der Waals surface area contributed by atoms with Crippen molar-refractivity contribution in [2.24, 2.45) is 5.73 Å². The van der Waals surface area contributed by atoms with E-state index in [1.54, 1.807) is 0 Å². The molecule has 0 bridgehead atoms. The van der Waals surface area contributed by atoms with Gasteiger partial charge in [0.15, 0.2) is 0 Å². The molecule has 1 aromatic carbocycles. The highest BCUT2D eigenvalue weighted by Gasteiger charge is 2.16. The quantitative estimate of drug-likeness (QED) is 0.587. The number of benzene rings is 1. The standard InChI is InChI=1S/C14H22N2O2/c1-3-16(4-2)11-18-14(17)13(15)10-12-8-6-5-7-9-12/h5-9,13H,3-4,10-11,15H2,1-2H3/t13-/m0/s1. The summed E-state index contributed by atoms with van der Waals surface area (Å²) in [7, 11) is 0. The van der Waals surface area contributed by atoms with Crippen LogP contribution in [0.25, 0.3) is 0 Å². The Kier molecular flexibility index (Phi) is 6.39. The fourth-order valence-electron chi connectivity index (χ4n) is 1.62. The fraction of sp³-hybridized carbons (Fsp3) is 0.500. The van der Waals surface area contributed by atoms with E-state index in [-0.39, 0.29) is 5.97 Å². The van der Waals surface area contributed by atoms with Gasteiger partial charge in [-0.05, 0) is 25.1 Å². The van der Waals surface area contributed by atoms with Crippen molar-refractivity contribution in [3.05, 3.63) is 35.9 Å². The number of nitrogens with zero attached hydrogens (tertiary/aromatic N) is 1. The number of nitrogens with two attached hydrogens (primary N) is 1. The minimum atomic E-state index is -0.594. The van der Waals surface area contributed by atoms with Crippen LogP contribution in [-0.4, -0.2) is 36.7 Å². The number of hydrogen-bond acceptors (Lipinski definition) is 4. The molecule has 0 aliphatic heterocycles. The van der Waals surface area contributed by atoms with Gasteiger partial charge in [0.1, 0.15) is 12.8 Å². The minimum absolute atomic E-state index is 0.314. The summed E-state index contributed by atoms with van der Waals surface area (Å²) in [6.07, 6.45) is 0.512. The molecule has 0 heterocycles. The van der Waals surface area contributed by atoms with Crippen molar-refractivity contribution in [2.45, 2.75) is 26.3 Å². The van der Waals surface area contributed by atoms with Crippen LogP contribution in [-0.2, 0) is 16.0 Å². The summed E-state index contributed by atoms with van der Waals surface area (Å²) in [5.74, 6) is -0.342. The van der Waals surface area contributed by atoms with Crippen LogP contribution < -0.4 is 5.73 Å². The van der Waals surface area contributed by atoms with Crippen molar-refractivity contribution >= 4 is 5.97 Å². The topological polar surface area (TPSA) is 55.6 Å². The van der Waals surface area contributed by atoms with Gasteiger partial charge in [-0.3, -0.25) is 9.69 Å². The van der Waals surface area contributed by atoms with E-state index in [0.29, 0.717) is 13.2 Å². The van der Waals surface area contributed by atoms with Gasteiger partial charge in [-0.1, -0.05) is 44.2 Å². The van der Waals surface area contributed by atoms with Crippen LogP contribution in [0.4, 0.5) is 0 Å². The summed E-state index contributed by atoms with van der Waals surface area (Å²) in [5.41, 5.74) is 6.87. The predicted molar refractivity (Wildman–Crippen MR) is 72.0 cm³/mol. The van der Waals surface area contributed by atoms with Gasteiger partial charge in [-0.2, -0.15) is 0 Å². The largest absolute Gasteiger partial charge is 0.448 e. The number of rotatable bonds is 7. The molecule has 18 heavy (non-hydrogen) atoms. The van der Waals surface area contributed by atoms with Crippen molar-refractivity contribution < 1.29 is 9.53 Å². The zero-order chi connectivity index (χ0) is 13.4. The maximum Gasteiger partial charge on any atom is 0.324 e. The van der Waals surface area contributed by atoms with Crippen LogP contribution >= 0.6 is 0 Å². The second-order valence-corrected chi connectivity index (χ2v) is 4.19. The predicted octanol–water partition coefficient (Wildman–Crippen LogP) is 1.40. The van der Waals surface area contributed by atoms with Gasteiger partial charge in [0.05, 0.1) is 0 Å². The summed E-state index contributed by atoms with van der Waals surface area (Å²) in [6, 6.07) is 9.12. The molecule has 0 saturated carbocycles. The fourth-order valence-corrected chi connectivity index (χ4v) is 1.62. The van der Waals surface area contributed by atoms with Crippen LogP contribution in [0.5, 0.6) is 0 Å². The molecule has 2 N–H and O–H groups in total. The van der Waals surface area contributed by atoms with Crippen molar-refractivity contribution in [3.8, 4) is 0 Å². The van der Waals surface area contributed by atoms with Gasteiger partial charge in [0, 0.05) is 0 Å². The van der Waals surface area contributed by atoms with E-state index in [9.17, 15) is 4.79 Å². The third-order valence-electron chi connectivity index (χ3n) is 2.88. The second-order valence-electron chi connectivity index (χ2n) is 4.19. The van der Waals surface area contributed by atoms with Crippen LogP contribution in [0.15, 0.2) is 30.3 Å². The molecule has 0 fully saturated rings. The lowest BCUT2D eigenvalue weighted by Crippen LogP contribution is -2.37. The molecule has 0 saturated heterocycles. The summed E-state index contributed by atoms with van der Waals surface area (Å²) in [6.45, 7) is 6.09. The Balaban J connectivity index is 2.37. The monoisotopic (exact) mass is 250 g/mol. The maximum atomic E-state index is 11.7. The molecule has 4 nitrogen and oxygen atoms in total. The molecular formula is C14H22N2O2. The third kappa shape index (κ3) is 4.85. The summed E-state index contributed by atoms with van der Waals surface area (Å²) < 4.78 is 5.18. The lowest BCUT2D eigenvalue weighted by atomic mass is 10.1. The van der Waals surface area contributed by atoms with E-state index >= 15 is 0 Å². The number of hydrogen-bond donors (Lipinski definition) is 1. The van der Waals surface area contributed by atoms with E-state index in [0.717, 1.165) is 18.7 Å². The molecule has 0 aliphatic carbocycles. The van der Waals surface area contributed by atoms with E-state index < -0.39 is 6.04 Å². The molecule has 0 unspecified atom stereocenters. The summed E-state index contributed by atoms with van der Waals surface area (Å²) >= 11 is 0. The third-order valence-corrected chi connectivity index (χ3v) is 2.88. The van der Waals surface area contributed by atoms with E-state index in [2.05, 4.69) is 0 Å². The first-order chi connectivity index (χ1) is 8.67. The summed E-state index contributed by atoms with van der Waals surface area (Å²) in [5, 5.41) is 0. The number of ether oxygens (including phenoxy) is 1. The smallest absolute Gasteiger partial charge is 0.324 e. The Labute approximate surface area is 109 Å². The van der Waals surface area contributed by atoms with Gasteiger partial charge < -0.3 is 10.5 Å². The molecule has 0 spiro atoms. The highest BCUT2D eigenvalue weighted by atomic mass is 16.5. The molecule has 1 aromatic rings. The molecule has 0 aliphatic rings. The molecule has 100 valence electrons. The van der Waals surface area contributed by atoms with Crippen LogP contribution in [0.1, 0.15) is 19.4 Å². The number of carbonyl (C=O) groups excluding carboxylic acids is 1. The first-order valence-electron chi connectivity index (χ1n) is 6.35. The van der Waals surface area contributed by atoms with Gasteiger partial charge in [-0.15, -0.1) is 0 Å². The Hall–Kier alpha value is -1.39. The van der Waals surface area contributed by atoms with Gasteiger partial charge >= 0.3 is 5.97 Å². The second kappa shape index (κ2) is 7.84. The van der Waals surface area contributed by atoms with E-state index in [1.807, 2.05) is 49.1 Å². The molecular weight excluding hydrogens is 228 g/mol. The highest BCUT2D eigenvalue weighted by Crippen LogP contribution is 2.03. The lowest BCUT2D eigenvalue weighted by Gasteiger charge is -2.19. The first kappa shape index (κ1) is 14.7. The Morgan fingerprint density at radius 1 is 1.28 bits per heavy atom. The van der Waals surface area contributed by atoms with E-state index in [4.69, 9.17) is 10.5 Å². The zero-order valence-corrected chi connectivity index (χ0v) is 11.1. The molecule has 0 radical (unpaired) electrons. The van der Waals surface area contributed by atoms with Crippen molar-refractivity contribution in [3.63, 3.8) is 0 Å². The highest BCUT2D eigenvalue weighted by molar-refractivity contribution is 5.75. The van der Waals surface area contributed by atoms with Gasteiger partial charge in [-0.25, -0.2) is 0 Å². The van der Waals surface area contributed by atoms with Crippen LogP contribution in [0.2, 0.25) is 0 Å². The van der Waals surface area contributed by atoms with Gasteiger partial charge in [0.2, 0.25) is 0 Å². The zero-order valence-electron chi connectivity index (χ0n) is 11.1. The SMILES string of the molecule is CCN(CC)COC(=O)[C@@H](N)Cc1ccccc1. The van der Waals surface area contributed by atoms with Crippen LogP contribution in [0, 0.1) is 0 Å². The Morgan fingerprint density at radius 3 is 2.44 bits per heavy atom. The average molecular weight is 250 g/mol. The average Bonchev–Trinajstić information content (AvgIpc) is 2.40. The normalized spacial score (nSPS) is 12.4. The lowest BCUT2D eigenvalue weighted by molar-refractivity contribution is -0.149. The van der Waals surface area contributed by atoms with E-state index in [1.165, 1.54) is 0 Å². The number of carbonyl (C=O) groups is 1. The summed E-state index contributed by atoms with van der Waals surface area (Å²) in [4.78, 5) is 13.7. The van der Waals surface area contributed by atoms with Crippen LogP contribution in [0.3, 0.4) is 0 Å². The molecule has 1 atom stereocenters. The molecule has 1 rings (SSSR count). The Morgan fingerprint density at radius 2 is 1.89 bits per heavy atom. The molecule has 0 amide bonds. The van der Waals surface area contributed by atoms with Crippen molar-refractivity contribution in [1.29, 1.82) is 0 Å². The molecule has 0 aromatic heterocycles.